The average Bonchev–Trinajstić information content (AvgIpc) is 2.58. The Morgan fingerprint density at radius 3 is 2.50 bits per heavy atom. The summed E-state index contributed by atoms with van der Waals surface area (Å²) in [5.74, 6) is -0.553. The van der Waals surface area contributed by atoms with Crippen molar-refractivity contribution in [2.24, 2.45) is 0 Å². The van der Waals surface area contributed by atoms with Crippen molar-refractivity contribution in [1.82, 2.24) is 9.78 Å². The number of hydrogen-bond acceptors (Lipinski definition) is 5. The molecule has 6 heteroatoms. The zero-order valence-electron chi connectivity index (χ0n) is 11.3. The summed E-state index contributed by atoms with van der Waals surface area (Å²) in [5, 5.41) is 3.88. The van der Waals surface area contributed by atoms with Gasteiger partial charge in [0.1, 0.15) is 5.60 Å². The van der Waals surface area contributed by atoms with E-state index >= 15 is 0 Å². The smallest absolute Gasteiger partial charge is 0.435 e. The minimum atomic E-state index is -0.615. The van der Waals surface area contributed by atoms with Crippen LogP contribution in [0.3, 0.4) is 0 Å². The molecule has 0 atom stereocenters. The maximum atomic E-state index is 11.8. The van der Waals surface area contributed by atoms with Crippen molar-refractivity contribution in [3.05, 3.63) is 17.5 Å². The second kappa shape index (κ2) is 5.20. The monoisotopic (exact) mass is 254 g/mol. The molecule has 0 spiro atoms. The first kappa shape index (κ1) is 14.2. The van der Waals surface area contributed by atoms with Gasteiger partial charge in [0.2, 0.25) is 0 Å². The number of aromatic nitrogens is 2. The van der Waals surface area contributed by atoms with E-state index in [0.29, 0.717) is 5.69 Å². The lowest BCUT2D eigenvalue weighted by Gasteiger charge is -2.19. The predicted molar refractivity (Wildman–Crippen MR) is 64.6 cm³/mol. The molecule has 0 aliphatic carbocycles. The van der Waals surface area contributed by atoms with Crippen LogP contribution in [-0.4, -0.2) is 34.1 Å². The maximum Gasteiger partial charge on any atom is 0.435 e. The van der Waals surface area contributed by atoms with Crippen LogP contribution in [0.15, 0.2) is 6.07 Å². The third-order valence-electron chi connectivity index (χ3n) is 1.94. The van der Waals surface area contributed by atoms with Crippen LogP contribution < -0.4 is 0 Å². The lowest BCUT2D eigenvalue weighted by molar-refractivity contribution is 0.0499. The average molecular weight is 254 g/mol. The molecule has 0 aromatic carbocycles. The number of ether oxygens (including phenoxy) is 2. The molecule has 1 aromatic heterocycles. The molecule has 1 rings (SSSR count). The van der Waals surface area contributed by atoms with Crippen molar-refractivity contribution < 1.29 is 19.1 Å². The first-order valence-corrected chi connectivity index (χ1v) is 5.71. The summed E-state index contributed by atoms with van der Waals surface area (Å²) in [4.78, 5) is 23.3. The third kappa shape index (κ3) is 3.58. The molecule has 0 N–H and O–H groups in total. The second-order valence-corrected chi connectivity index (χ2v) is 4.78. The molecule has 0 aliphatic heterocycles. The Hall–Kier alpha value is -1.85. The van der Waals surface area contributed by atoms with Gasteiger partial charge in [0.05, 0.1) is 6.61 Å². The minimum Gasteiger partial charge on any atom is -0.461 e. The Balaban J connectivity index is 2.91. The maximum absolute atomic E-state index is 11.8. The minimum absolute atomic E-state index is 0.0974. The SMILES string of the molecule is CCOC(=O)c1cc(C)n(C(=O)OC(C)(C)C)n1. The van der Waals surface area contributed by atoms with E-state index in [1.807, 2.05) is 0 Å². The van der Waals surface area contributed by atoms with Crippen molar-refractivity contribution in [1.29, 1.82) is 0 Å². The molecule has 0 radical (unpaired) electrons. The van der Waals surface area contributed by atoms with Gasteiger partial charge in [0.15, 0.2) is 5.69 Å². The van der Waals surface area contributed by atoms with Gasteiger partial charge in [-0.2, -0.15) is 9.78 Å². The van der Waals surface area contributed by atoms with E-state index in [-0.39, 0.29) is 12.3 Å². The topological polar surface area (TPSA) is 70.4 Å². The van der Waals surface area contributed by atoms with Crippen molar-refractivity contribution >= 4 is 12.1 Å². The molecule has 6 nitrogen and oxygen atoms in total. The highest BCUT2D eigenvalue weighted by molar-refractivity contribution is 5.88. The molecule has 0 aliphatic rings. The molecule has 1 aromatic rings. The Morgan fingerprint density at radius 2 is 2.00 bits per heavy atom. The summed E-state index contributed by atoms with van der Waals surface area (Å²) >= 11 is 0. The molecule has 0 amide bonds. The van der Waals surface area contributed by atoms with E-state index in [4.69, 9.17) is 9.47 Å². The summed E-state index contributed by atoms with van der Waals surface area (Å²) in [7, 11) is 0. The fourth-order valence-electron chi connectivity index (χ4n) is 1.27. The fourth-order valence-corrected chi connectivity index (χ4v) is 1.27. The first-order valence-electron chi connectivity index (χ1n) is 5.71. The summed E-state index contributed by atoms with van der Waals surface area (Å²) in [5.41, 5.74) is 0.00652. The number of carbonyl (C=O) groups is 2. The van der Waals surface area contributed by atoms with E-state index in [9.17, 15) is 9.59 Å². The van der Waals surface area contributed by atoms with E-state index in [2.05, 4.69) is 5.10 Å². The van der Waals surface area contributed by atoms with Gasteiger partial charge in [-0.15, -0.1) is 0 Å². The van der Waals surface area contributed by atoms with Crippen LogP contribution >= 0.6 is 0 Å². The molecule has 100 valence electrons. The zero-order chi connectivity index (χ0) is 13.9. The molecule has 1 heterocycles. The van der Waals surface area contributed by atoms with Crippen LogP contribution in [0.4, 0.5) is 4.79 Å². The molecule has 0 unspecified atom stereocenters. The Kier molecular flexibility index (Phi) is 4.11. The normalized spacial score (nSPS) is 11.2. The largest absolute Gasteiger partial charge is 0.461 e. The van der Waals surface area contributed by atoms with Crippen molar-refractivity contribution in [2.75, 3.05) is 6.61 Å². The number of rotatable bonds is 2. The highest BCUT2D eigenvalue weighted by Gasteiger charge is 2.22. The van der Waals surface area contributed by atoms with E-state index in [0.717, 1.165) is 4.68 Å². The van der Waals surface area contributed by atoms with Gasteiger partial charge >= 0.3 is 12.1 Å². The Bertz CT molecular complexity index is 457. The molecular weight excluding hydrogens is 236 g/mol. The van der Waals surface area contributed by atoms with Gasteiger partial charge in [-0.1, -0.05) is 0 Å². The van der Waals surface area contributed by atoms with Crippen LogP contribution in [0.5, 0.6) is 0 Å². The summed E-state index contributed by atoms with van der Waals surface area (Å²) in [6, 6.07) is 1.49. The number of hydrogen-bond donors (Lipinski definition) is 0. The van der Waals surface area contributed by atoms with Crippen LogP contribution in [0.1, 0.15) is 43.9 Å². The quantitative estimate of drug-likeness (QED) is 0.756. The van der Waals surface area contributed by atoms with Gasteiger partial charge in [-0.3, -0.25) is 0 Å². The molecular formula is C12H18N2O4. The number of esters is 1. The predicted octanol–water partition coefficient (Wildman–Crippen LogP) is 2.15. The first-order chi connectivity index (χ1) is 8.24. The highest BCUT2D eigenvalue weighted by Crippen LogP contribution is 2.11. The molecule has 0 bridgehead atoms. The zero-order valence-corrected chi connectivity index (χ0v) is 11.3. The molecule has 0 fully saturated rings. The molecule has 0 saturated heterocycles. The van der Waals surface area contributed by atoms with Gasteiger partial charge in [0.25, 0.3) is 0 Å². The van der Waals surface area contributed by atoms with Gasteiger partial charge < -0.3 is 9.47 Å². The standard InChI is InChI=1S/C12H18N2O4/c1-6-17-10(15)9-7-8(2)14(13-9)11(16)18-12(3,4)5/h7H,6H2,1-5H3. The van der Waals surface area contributed by atoms with E-state index in [1.165, 1.54) is 6.07 Å². The second-order valence-electron chi connectivity index (χ2n) is 4.78. The molecule has 18 heavy (non-hydrogen) atoms. The van der Waals surface area contributed by atoms with E-state index < -0.39 is 17.7 Å². The summed E-state index contributed by atoms with van der Waals surface area (Å²) in [6.07, 6.45) is -0.615. The third-order valence-corrected chi connectivity index (χ3v) is 1.94. The van der Waals surface area contributed by atoms with Crippen LogP contribution in [0, 0.1) is 6.92 Å². The number of carbonyl (C=O) groups excluding carboxylic acids is 2. The van der Waals surface area contributed by atoms with E-state index in [1.54, 1.807) is 34.6 Å². The number of nitrogens with zero attached hydrogens (tertiary/aromatic N) is 2. The summed E-state index contributed by atoms with van der Waals surface area (Å²) < 4.78 is 11.0. The fraction of sp³-hybridized carbons (Fsp3) is 0.583. The van der Waals surface area contributed by atoms with Crippen LogP contribution in [0.25, 0.3) is 0 Å². The lowest BCUT2D eigenvalue weighted by Crippen LogP contribution is -2.28. The number of aryl methyl sites for hydroxylation is 1. The lowest BCUT2D eigenvalue weighted by atomic mass is 10.2. The molecule has 0 saturated carbocycles. The Labute approximate surface area is 106 Å². The van der Waals surface area contributed by atoms with Crippen LogP contribution in [-0.2, 0) is 9.47 Å². The Morgan fingerprint density at radius 1 is 1.39 bits per heavy atom. The van der Waals surface area contributed by atoms with Crippen molar-refractivity contribution in [2.45, 2.75) is 40.2 Å². The summed E-state index contributed by atoms with van der Waals surface area (Å²) in [6.45, 7) is 8.91. The van der Waals surface area contributed by atoms with Crippen LogP contribution in [0.2, 0.25) is 0 Å². The highest BCUT2D eigenvalue weighted by atomic mass is 16.6. The van der Waals surface area contributed by atoms with Crippen molar-refractivity contribution in [3.63, 3.8) is 0 Å². The van der Waals surface area contributed by atoms with Gasteiger partial charge in [0, 0.05) is 5.69 Å². The van der Waals surface area contributed by atoms with Gasteiger partial charge in [-0.05, 0) is 40.7 Å². The van der Waals surface area contributed by atoms with Crippen molar-refractivity contribution in [3.8, 4) is 0 Å². The van der Waals surface area contributed by atoms with Gasteiger partial charge in [-0.25, -0.2) is 9.59 Å².